The van der Waals surface area contributed by atoms with Gasteiger partial charge in [-0.25, -0.2) is 14.6 Å². The summed E-state index contributed by atoms with van der Waals surface area (Å²) in [5.41, 5.74) is 3.13. The standard InChI is InChI=1S/C18H20N4O3S/c1-12-3-2-4-13(7-12)16-20-14(11-26-16)8-19-17(23)21-5-6-22-15(9-21)10-25-18(22)24/h2-4,7,11,15H,5-6,8-10H2,1H3,(H,19,23)/t15-/m1/s1. The fourth-order valence-electron chi connectivity index (χ4n) is 3.25. The number of ether oxygens (including phenoxy) is 1. The SMILES string of the molecule is Cc1cccc(-c2nc(CNC(=O)N3CCN4C(=O)OC[C@H]4C3)cs2)c1. The first-order chi connectivity index (χ1) is 12.6. The Kier molecular flexibility index (Phi) is 4.50. The number of thiazole rings is 1. The summed E-state index contributed by atoms with van der Waals surface area (Å²) in [6, 6.07) is 8.05. The van der Waals surface area contributed by atoms with Crippen molar-refractivity contribution in [2.24, 2.45) is 0 Å². The van der Waals surface area contributed by atoms with Gasteiger partial charge in [-0.1, -0.05) is 23.8 Å². The van der Waals surface area contributed by atoms with Crippen LogP contribution in [0, 0.1) is 6.92 Å². The maximum Gasteiger partial charge on any atom is 0.410 e. The van der Waals surface area contributed by atoms with Crippen molar-refractivity contribution in [1.29, 1.82) is 0 Å². The molecule has 7 nitrogen and oxygen atoms in total. The molecule has 136 valence electrons. The normalized spacial score (nSPS) is 19.3. The van der Waals surface area contributed by atoms with Crippen molar-refractivity contribution in [3.63, 3.8) is 0 Å². The molecule has 0 aliphatic carbocycles. The number of piperazine rings is 1. The number of carbonyl (C=O) groups excluding carboxylic acids is 2. The van der Waals surface area contributed by atoms with E-state index < -0.39 is 0 Å². The molecule has 2 aliphatic rings. The number of aryl methyl sites for hydroxylation is 1. The van der Waals surface area contributed by atoms with Gasteiger partial charge in [0.15, 0.2) is 0 Å². The van der Waals surface area contributed by atoms with E-state index in [1.807, 2.05) is 17.5 Å². The molecule has 0 radical (unpaired) electrons. The van der Waals surface area contributed by atoms with Crippen LogP contribution in [0.25, 0.3) is 10.6 Å². The minimum Gasteiger partial charge on any atom is -0.447 e. The van der Waals surface area contributed by atoms with Gasteiger partial charge in [0.25, 0.3) is 0 Å². The van der Waals surface area contributed by atoms with Crippen LogP contribution >= 0.6 is 11.3 Å². The molecule has 3 amide bonds. The van der Waals surface area contributed by atoms with E-state index in [1.165, 1.54) is 5.56 Å². The fourth-order valence-corrected chi connectivity index (χ4v) is 4.07. The molecule has 0 unspecified atom stereocenters. The second kappa shape index (κ2) is 6.95. The zero-order valence-corrected chi connectivity index (χ0v) is 15.3. The average Bonchev–Trinajstić information content (AvgIpc) is 3.26. The number of cyclic esters (lactones) is 1. The molecule has 2 saturated heterocycles. The number of fused-ring (bicyclic) bond motifs is 1. The average molecular weight is 372 g/mol. The van der Waals surface area contributed by atoms with Gasteiger partial charge < -0.3 is 15.0 Å². The van der Waals surface area contributed by atoms with Crippen molar-refractivity contribution < 1.29 is 14.3 Å². The minimum atomic E-state index is -0.277. The quantitative estimate of drug-likeness (QED) is 0.898. The number of benzene rings is 1. The second-order valence-corrected chi connectivity index (χ2v) is 7.40. The number of urea groups is 1. The van der Waals surface area contributed by atoms with Crippen molar-refractivity contribution in [2.45, 2.75) is 19.5 Å². The lowest BCUT2D eigenvalue weighted by Crippen LogP contribution is -2.55. The van der Waals surface area contributed by atoms with E-state index >= 15 is 0 Å². The Morgan fingerprint density at radius 3 is 3.15 bits per heavy atom. The maximum absolute atomic E-state index is 12.4. The molecule has 8 heteroatoms. The third kappa shape index (κ3) is 3.37. The fraction of sp³-hybridized carbons (Fsp3) is 0.389. The summed E-state index contributed by atoms with van der Waals surface area (Å²) in [4.78, 5) is 32.0. The highest BCUT2D eigenvalue weighted by atomic mass is 32.1. The van der Waals surface area contributed by atoms with Crippen LogP contribution in [0.2, 0.25) is 0 Å². The summed E-state index contributed by atoms with van der Waals surface area (Å²) in [6.07, 6.45) is -0.277. The van der Waals surface area contributed by atoms with E-state index in [9.17, 15) is 9.59 Å². The van der Waals surface area contributed by atoms with Crippen LogP contribution in [-0.4, -0.2) is 59.2 Å². The molecule has 1 aromatic heterocycles. The summed E-state index contributed by atoms with van der Waals surface area (Å²) in [5.74, 6) is 0. The van der Waals surface area contributed by atoms with Crippen molar-refractivity contribution in [3.8, 4) is 10.6 Å². The molecule has 0 saturated carbocycles. The van der Waals surface area contributed by atoms with Crippen LogP contribution in [0.3, 0.4) is 0 Å². The van der Waals surface area contributed by atoms with Gasteiger partial charge >= 0.3 is 12.1 Å². The number of amides is 3. The summed E-state index contributed by atoms with van der Waals surface area (Å²) < 4.78 is 5.03. The number of aromatic nitrogens is 1. The first kappa shape index (κ1) is 16.8. The van der Waals surface area contributed by atoms with Crippen molar-refractivity contribution >= 4 is 23.5 Å². The Bertz CT molecular complexity index is 837. The largest absolute Gasteiger partial charge is 0.447 e. The molecule has 2 aromatic rings. The Morgan fingerprint density at radius 2 is 2.31 bits per heavy atom. The minimum absolute atomic E-state index is 0.0332. The monoisotopic (exact) mass is 372 g/mol. The van der Waals surface area contributed by atoms with E-state index in [2.05, 4.69) is 29.4 Å². The molecular weight excluding hydrogens is 352 g/mol. The number of rotatable bonds is 3. The summed E-state index contributed by atoms with van der Waals surface area (Å²) in [5, 5.41) is 5.85. The molecule has 0 bridgehead atoms. The molecule has 1 atom stereocenters. The molecule has 26 heavy (non-hydrogen) atoms. The van der Waals surface area contributed by atoms with Crippen LogP contribution in [-0.2, 0) is 11.3 Å². The summed E-state index contributed by atoms with van der Waals surface area (Å²) in [7, 11) is 0. The van der Waals surface area contributed by atoms with E-state index in [0.29, 0.717) is 32.8 Å². The van der Waals surface area contributed by atoms with Crippen LogP contribution < -0.4 is 5.32 Å². The van der Waals surface area contributed by atoms with E-state index in [1.54, 1.807) is 21.1 Å². The molecule has 4 rings (SSSR count). The number of nitrogens with zero attached hydrogens (tertiary/aromatic N) is 3. The number of nitrogens with one attached hydrogen (secondary N) is 1. The van der Waals surface area contributed by atoms with E-state index in [0.717, 1.165) is 16.3 Å². The van der Waals surface area contributed by atoms with Gasteiger partial charge in [-0.15, -0.1) is 11.3 Å². The van der Waals surface area contributed by atoms with E-state index in [-0.39, 0.29) is 18.2 Å². The van der Waals surface area contributed by atoms with E-state index in [4.69, 9.17) is 4.74 Å². The Balaban J connectivity index is 1.33. The van der Waals surface area contributed by atoms with Gasteiger partial charge in [-0.3, -0.25) is 4.90 Å². The maximum atomic E-state index is 12.4. The second-order valence-electron chi connectivity index (χ2n) is 6.54. The number of hydrogen-bond acceptors (Lipinski definition) is 5. The lowest BCUT2D eigenvalue weighted by atomic mass is 10.1. The van der Waals surface area contributed by atoms with Crippen LogP contribution in [0.4, 0.5) is 9.59 Å². The summed E-state index contributed by atoms with van der Waals surface area (Å²) in [6.45, 7) is 4.34. The van der Waals surface area contributed by atoms with Crippen molar-refractivity contribution in [2.75, 3.05) is 26.2 Å². The van der Waals surface area contributed by atoms with Gasteiger partial charge in [-0.05, 0) is 13.0 Å². The zero-order valence-electron chi connectivity index (χ0n) is 14.5. The third-order valence-electron chi connectivity index (χ3n) is 4.64. The lowest BCUT2D eigenvalue weighted by Gasteiger charge is -2.35. The Hall–Kier alpha value is -2.61. The zero-order chi connectivity index (χ0) is 18.1. The van der Waals surface area contributed by atoms with Crippen molar-refractivity contribution in [1.82, 2.24) is 20.1 Å². The predicted octanol–water partition coefficient (Wildman–Crippen LogP) is 2.46. The van der Waals surface area contributed by atoms with Gasteiger partial charge in [-0.2, -0.15) is 0 Å². The highest BCUT2D eigenvalue weighted by Gasteiger charge is 2.38. The topological polar surface area (TPSA) is 74.8 Å². The lowest BCUT2D eigenvalue weighted by molar-refractivity contribution is 0.127. The van der Waals surface area contributed by atoms with Gasteiger partial charge in [0.05, 0.1) is 18.3 Å². The highest BCUT2D eigenvalue weighted by molar-refractivity contribution is 7.13. The third-order valence-corrected chi connectivity index (χ3v) is 5.58. The van der Waals surface area contributed by atoms with Gasteiger partial charge in [0, 0.05) is 30.6 Å². The number of carbonyl (C=O) groups is 2. The van der Waals surface area contributed by atoms with Crippen LogP contribution in [0.5, 0.6) is 0 Å². The molecule has 3 heterocycles. The van der Waals surface area contributed by atoms with Gasteiger partial charge in [0.2, 0.25) is 0 Å². The van der Waals surface area contributed by atoms with Crippen LogP contribution in [0.15, 0.2) is 29.6 Å². The first-order valence-electron chi connectivity index (χ1n) is 8.58. The molecule has 1 aromatic carbocycles. The molecule has 1 N–H and O–H groups in total. The first-order valence-corrected chi connectivity index (χ1v) is 9.46. The Morgan fingerprint density at radius 1 is 1.42 bits per heavy atom. The van der Waals surface area contributed by atoms with Gasteiger partial charge in [0.1, 0.15) is 11.6 Å². The molecule has 2 fully saturated rings. The van der Waals surface area contributed by atoms with Crippen molar-refractivity contribution in [3.05, 3.63) is 40.9 Å². The Labute approximate surface area is 155 Å². The smallest absolute Gasteiger partial charge is 0.410 e. The highest BCUT2D eigenvalue weighted by Crippen LogP contribution is 2.24. The summed E-state index contributed by atoms with van der Waals surface area (Å²) >= 11 is 1.57. The molecule has 0 spiro atoms. The molecule has 2 aliphatic heterocycles. The molecular formula is C18H20N4O3S. The predicted molar refractivity (Wildman–Crippen MR) is 97.9 cm³/mol. The van der Waals surface area contributed by atoms with Crippen LogP contribution in [0.1, 0.15) is 11.3 Å². The number of hydrogen-bond donors (Lipinski definition) is 1.